The van der Waals surface area contributed by atoms with Gasteiger partial charge in [-0.15, -0.1) is 0 Å². The van der Waals surface area contributed by atoms with Gasteiger partial charge in [0, 0.05) is 24.8 Å². The third kappa shape index (κ3) is 4.89. The van der Waals surface area contributed by atoms with Gasteiger partial charge < -0.3 is 9.47 Å². The number of sulfonamides is 1. The first-order valence-electron chi connectivity index (χ1n) is 11.8. The highest BCUT2D eigenvalue weighted by Crippen LogP contribution is 2.40. The van der Waals surface area contributed by atoms with Crippen molar-refractivity contribution in [3.8, 4) is 11.5 Å². The maximum atomic E-state index is 13.8. The zero-order valence-electron chi connectivity index (χ0n) is 20.5. The van der Waals surface area contributed by atoms with E-state index in [1.807, 2.05) is 18.2 Å². The molecule has 0 unspecified atom stereocenters. The fraction of sp³-hybridized carbons (Fsp3) is 0.269. The average Bonchev–Trinajstić information content (AvgIpc) is 3.63. The predicted octanol–water partition coefficient (Wildman–Crippen LogP) is 4.34. The number of benzene rings is 2. The summed E-state index contributed by atoms with van der Waals surface area (Å²) < 4.78 is 39.1. The first kappa shape index (κ1) is 25.1. The second-order valence-corrected chi connectivity index (χ2v) is 11.4. The van der Waals surface area contributed by atoms with Gasteiger partial charge in [0.1, 0.15) is 21.7 Å². The van der Waals surface area contributed by atoms with Crippen LogP contribution in [0.2, 0.25) is 0 Å². The molecule has 2 aromatic heterocycles. The monoisotopic (exact) mass is 538 g/mol. The molecule has 0 aliphatic carbocycles. The van der Waals surface area contributed by atoms with Crippen LogP contribution in [-0.2, 0) is 16.6 Å². The van der Waals surface area contributed by atoms with Crippen molar-refractivity contribution >= 4 is 42.6 Å². The number of hydrogen-bond acceptors (Lipinski definition) is 8. The highest BCUT2D eigenvalue weighted by atomic mass is 32.2. The van der Waals surface area contributed by atoms with Crippen LogP contribution in [0, 0.1) is 0 Å². The van der Waals surface area contributed by atoms with E-state index in [9.17, 15) is 13.2 Å². The molecule has 1 amide bonds. The number of thiazole rings is 1. The van der Waals surface area contributed by atoms with Gasteiger partial charge in [-0.05, 0) is 61.4 Å². The van der Waals surface area contributed by atoms with E-state index in [4.69, 9.17) is 14.5 Å². The molecule has 5 rings (SSSR count). The quantitative estimate of drug-likeness (QED) is 0.329. The Morgan fingerprint density at radius 2 is 1.70 bits per heavy atom. The van der Waals surface area contributed by atoms with Crippen molar-refractivity contribution in [3.05, 3.63) is 72.1 Å². The SMILES string of the molecule is COc1ccc(OC)c2sc(N(Cc3ccccn3)C(=O)c3ccc(S(=O)(=O)N4CCCC4)cc3)nc12. The maximum absolute atomic E-state index is 13.8. The highest BCUT2D eigenvalue weighted by Gasteiger charge is 2.28. The summed E-state index contributed by atoms with van der Waals surface area (Å²) in [6, 6.07) is 15.1. The molecule has 0 N–H and O–H groups in total. The van der Waals surface area contributed by atoms with Crippen molar-refractivity contribution in [3.63, 3.8) is 0 Å². The number of nitrogens with zero attached hydrogens (tertiary/aromatic N) is 4. The summed E-state index contributed by atoms with van der Waals surface area (Å²) in [7, 11) is -0.432. The number of hydrogen-bond donors (Lipinski definition) is 0. The number of methoxy groups -OCH3 is 2. The van der Waals surface area contributed by atoms with Gasteiger partial charge >= 0.3 is 0 Å². The van der Waals surface area contributed by atoms with Gasteiger partial charge in [-0.2, -0.15) is 4.31 Å². The Bertz CT molecular complexity index is 1480. The molecule has 1 aliphatic rings. The Balaban J connectivity index is 1.53. The van der Waals surface area contributed by atoms with Crippen molar-refractivity contribution in [1.82, 2.24) is 14.3 Å². The van der Waals surface area contributed by atoms with Gasteiger partial charge in [0.15, 0.2) is 5.13 Å². The normalized spacial score (nSPS) is 14.1. The average molecular weight is 539 g/mol. The molecule has 1 fully saturated rings. The third-order valence-corrected chi connectivity index (χ3v) is 9.23. The molecular formula is C26H26N4O5S2. The molecule has 0 spiro atoms. The van der Waals surface area contributed by atoms with Crippen LogP contribution in [0.3, 0.4) is 0 Å². The van der Waals surface area contributed by atoms with Crippen LogP contribution >= 0.6 is 11.3 Å². The smallest absolute Gasteiger partial charge is 0.260 e. The zero-order valence-corrected chi connectivity index (χ0v) is 22.1. The molecule has 0 bridgehead atoms. The van der Waals surface area contributed by atoms with Crippen LogP contribution in [0.4, 0.5) is 5.13 Å². The molecule has 0 radical (unpaired) electrons. The summed E-state index contributed by atoms with van der Waals surface area (Å²) >= 11 is 1.31. The molecule has 1 saturated heterocycles. The van der Waals surface area contributed by atoms with Gasteiger partial charge in [-0.3, -0.25) is 14.7 Å². The molecule has 11 heteroatoms. The van der Waals surface area contributed by atoms with Crippen LogP contribution in [-0.4, -0.2) is 55.9 Å². The Labute approximate surface area is 219 Å². The van der Waals surface area contributed by atoms with E-state index >= 15 is 0 Å². The zero-order chi connectivity index (χ0) is 26.0. The summed E-state index contributed by atoms with van der Waals surface area (Å²) in [6.07, 6.45) is 3.38. The fourth-order valence-corrected chi connectivity index (χ4v) is 6.86. The minimum atomic E-state index is -3.57. The van der Waals surface area contributed by atoms with Gasteiger partial charge in [0.2, 0.25) is 10.0 Å². The number of rotatable bonds is 8. The first-order chi connectivity index (χ1) is 17.9. The number of amides is 1. The van der Waals surface area contributed by atoms with Crippen LogP contribution in [0.25, 0.3) is 10.2 Å². The third-order valence-electron chi connectivity index (χ3n) is 6.23. The van der Waals surface area contributed by atoms with E-state index in [-0.39, 0.29) is 17.3 Å². The summed E-state index contributed by atoms with van der Waals surface area (Å²) in [5.41, 5.74) is 1.62. The van der Waals surface area contributed by atoms with Crippen molar-refractivity contribution in [2.24, 2.45) is 0 Å². The molecular weight excluding hydrogens is 512 g/mol. The van der Waals surface area contributed by atoms with Crippen molar-refractivity contribution in [2.45, 2.75) is 24.3 Å². The Morgan fingerprint density at radius 3 is 2.35 bits per heavy atom. The second-order valence-electron chi connectivity index (χ2n) is 8.49. The van der Waals surface area contributed by atoms with E-state index in [1.54, 1.807) is 44.7 Å². The van der Waals surface area contributed by atoms with E-state index in [0.29, 0.717) is 46.5 Å². The Hall–Kier alpha value is -3.54. The Kier molecular flexibility index (Phi) is 7.09. The largest absolute Gasteiger partial charge is 0.495 e. The number of fused-ring (bicyclic) bond motifs is 1. The van der Waals surface area contributed by atoms with Gasteiger partial charge in [-0.25, -0.2) is 13.4 Å². The molecule has 3 heterocycles. The summed E-state index contributed by atoms with van der Waals surface area (Å²) in [5.74, 6) is 0.869. The lowest BCUT2D eigenvalue weighted by atomic mass is 10.2. The molecule has 37 heavy (non-hydrogen) atoms. The standard InChI is InChI=1S/C26H26N4O5S2/c1-34-21-12-13-22(35-2)24-23(21)28-26(36-24)30(17-19-7-3-4-14-27-19)25(31)18-8-10-20(11-9-18)37(32,33)29-15-5-6-16-29/h3-4,7-14H,5-6,15-17H2,1-2H3. The van der Waals surface area contributed by atoms with E-state index in [0.717, 1.165) is 17.5 Å². The maximum Gasteiger partial charge on any atom is 0.260 e. The first-order valence-corrected chi connectivity index (χ1v) is 14.0. The van der Waals surface area contributed by atoms with Crippen LogP contribution < -0.4 is 14.4 Å². The fourth-order valence-electron chi connectivity index (χ4n) is 4.27. The number of aromatic nitrogens is 2. The lowest BCUT2D eigenvalue weighted by Gasteiger charge is -2.20. The van der Waals surface area contributed by atoms with E-state index < -0.39 is 10.0 Å². The Morgan fingerprint density at radius 1 is 1.00 bits per heavy atom. The number of carbonyl (C=O) groups excluding carboxylic acids is 1. The van der Waals surface area contributed by atoms with Crippen molar-refractivity contribution < 1.29 is 22.7 Å². The molecule has 2 aromatic carbocycles. The molecule has 192 valence electrons. The molecule has 1 aliphatic heterocycles. The minimum absolute atomic E-state index is 0.177. The van der Waals surface area contributed by atoms with E-state index in [1.165, 1.54) is 32.7 Å². The minimum Gasteiger partial charge on any atom is -0.495 e. The molecule has 9 nitrogen and oxygen atoms in total. The van der Waals surface area contributed by atoms with Crippen LogP contribution in [0.15, 0.2) is 65.7 Å². The highest BCUT2D eigenvalue weighted by molar-refractivity contribution is 7.89. The summed E-state index contributed by atoms with van der Waals surface area (Å²) in [4.78, 5) is 24.6. The van der Waals surface area contributed by atoms with Crippen molar-refractivity contribution in [1.29, 1.82) is 0 Å². The number of pyridine rings is 1. The number of ether oxygens (including phenoxy) is 2. The van der Waals surface area contributed by atoms with Gasteiger partial charge in [0.25, 0.3) is 5.91 Å². The lowest BCUT2D eigenvalue weighted by Crippen LogP contribution is -2.31. The topological polar surface area (TPSA) is 102 Å². The second kappa shape index (κ2) is 10.4. The predicted molar refractivity (Wildman–Crippen MR) is 142 cm³/mol. The van der Waals surface area contributed by atoms with Gasteiger partial charge in [-0.1, -0.05) is 17.4 Å². The molecule has 4 aromatic rings. The number of carbonyl (C=O) groups is 1. The van der Waals surface area contributed by atoms with E-state index in [2.05, 4.69) is 4.98 Å². The summed E-state index contributed by atoms with van der Waals surface area (Å²) in [5, 5.41) is 0.446. The molecule has 0 saturated carbocycles. The lowest BCUT2D eigenvalue weighted by molar-refractivity contribution is 0.0984. The molecule has 0 atom stereocenters. The van der Waals surface area contributed by atoms with Crippen LogP contribution in [0.5, 0.6) is 11.5 Å². The number of anilines is 1. The summed E-state index contributed by atoms with van der Waals surface area (Å²) in [6.45, 7) is 1.22. The van der Waals surface area contributed by atoms with Crippen molar-refractivity contribution in [2.75, 3.05) is 32.2 Å². The van der Waals surface area contributed by atoms with Crippen LogP contribution in [0.1, 0.15) is 28.9 Å². The van der Waals surface area contributed by atoms with Gasteiger partial charge in [0.05, 0.1) is 31.4 Å².